The van der Waals surface area contributed by atoms with Gasteiger partial charge in [-0.3, -0.25) is 4.99 Å². The molecule has 24 heavy (non-hydrogen) atoms. The standard InChI is InChI=1S/C16H29N5O3/c1-4-24-16(22)21-9-7-20(8-10-21)12-14(2)15(19-13-17)18-6-5-11-23-3/h12-13H,4-11H2,1-3H3,(H2,17,18,19)/b14-12+. The number of piperazine rings is 1. The molecule has 2 N–H and O–H groups in total. The molecular formula is C16H29N5O3. The lowest BCUT2D eigenvalue weighted by Gasteiger charge is -2.33. The van der Waals surface area contributed by atoms with Crippen molar-refractivity contribution in [2.75, 3.05) is 53.0 Å². The first-order chi connectivity index (χ1) is 11.6. The van der Waals surface area contributed by atoms with Crippen molar-refractivity contribution < 1.29 is 14.3 Å². The Morgan fingerprint density at radius 1 is 1.29 bits per heavy atom. The molecule has 8 nitrogen and oxygen atoms in total. The fourth-order valence-corrected chi connectivity index (χ4v) is 2.31. The van der Waals surface area contributed by atoms with Crippen LogP contribution in [0.5, 0.6) is 0 Å². The molecule has 0 spiro atoms. The van der Waals surface area contributed by atoms with E-state index in [9.17, 15) is 4.79 Å². The van der Waals surface area contributed by atoms with Crippen molar-refractivity contribution in [3.8, 4) is 0 Å². The van der Waals surface area contributed by atoms with Crippen LogP contribution in [0, 0.1) is 0 Å². The fourth-order valence-electron chi connectivity index (χ4n) is 2.31. The second-order valence-corrected chi connectivity index (χ2v) is 5.36. The molecule has 1 aliphatic rings. The Kier molecular flexibility index (Phi) is 9.52. The summed E-state index contributed by atoms with van der Waals surface area (Å²) in [5.74, 6) is 0.626. The summed E-state index contributed by atoms with van der Waals surface area (Å²) in [5, 5.41) is 0. The Morgan fingerprint density at radius 2 is 2.00 bits per heavy atom. The summed E-state index contributed by atoms with van der Waals surface area (Å²) < 4.78 is 10.0. The third kappa shape index (κ3) is 6.99. The van der Waals surface area contributed by atoms with Crippen LogP contribution in [0.4, 0.5) is 4.79 Å². The molecule has 1 heterocycles. The van der Waals surface area contributed by atoms with E-state index in [1.165, 1.54) is 6.34 Å². The van der Waals surface area contributed by atoms with Crippen molar-refractivity contribution in [3.05, 3.63) is 11.8 Å². The summed E-state index contributed by atoms with van der Waals surface area (Å²) in [4.78, 5) is 24.2. The maximum Gasteiger partial charge on any atom is 0.409 e. The zero-order valence-corrected chi connectivity index (χ0v) is 14.9. The minimum Gasteiger partial charge on any atom is -0.450 e. The van der Waals surface area contributed by atoms with E-state index in [2.05, 4.69) is 14.9 Å². The third-order valence-electron chi connectivity index (χ3n) is 3.53. The molecule has 1 saturated heterocycles. The van der Waals surface area contributed by atoms with Gasteiger partial charge >= 0.3 is 6.09 Å². The first-order valence-corrected chi connectivity index (χ1v) is 8.24. The monoisotopic (exact) mass is 339 g/mol. The highest BCUT2D eigenvalue weighted by atomic mass is 16.6. The van der Waals surface area contributed by atoms with Gasteiger partial charge < -0.3 is 25.0 Å². The van der Waals surface area contributed by atoms with Crippen LogP contribution in [0.2, 0.25) is 0 Å². The molecule has 0 aliphatic carbocycles. The van der Waals surface area contributed by atoms with Gasteiger partial charge in [-0.15, -0.1) is 0 Å². The predicted octanol–water partition coefficient (Wildman–Crippen LogP) is 1.09. The molecule has 1 amide bonds. The van der Waals surface area contributed by atoms with E-state index in [-0.39, 0.29) is 6.09 Å². The predicted molar refractivity (Wildman–Crippen MR) is 95.4 cm³/mol. The maximum absolute atomic E-state index is 11.7. The summed E-state index contributed by atoms with van der Waals surface area (Å²) >= 11 is 0. The third-order valence-corrected chi connectivity index (χ3v) is 3.53. The lowest BCUT2D eigenvalue weighted by molar-refractivity contribution is 0.0890. The molecule has 0 unspecified atom stereocenters. The van der Waals surface area contributed by atoms with Gasteiger partial charge in [0.2, 0.25) is 0 Å². The SMILES string of the molecule is CCOC(=O)N1CCN(/C=C(\C)C(N=CN)=NCCCOC)CC1. The molecule has 0 aromatic heterocycles. The quantitative estimate of drug-likeness (QED) is 0.426. The number of hydrogen-bond acceptors (Lipinski definition) is 5. The highest BCUT2D eigenvalue weighted by molar-refractivity contribution is 6.01. The van der Waals surface area contributed by atoms with Crippen LogP contribution in [-0.2, 0) is 9.47 Å². The lowest BCUT2D eigenvalue weighted by Crippen LogP contribution is -2.47. The zero-order chi connectivity index (χ0) is 17.8. The van der Waals surface area contributed by atoms with Crippen molar-refractivity contribution in [3.63, 3.8) is 0 Å². The summed E-state index contributed by atoms with van der Waals surface area (Å²) in [5.41, 5.74) is 6.36. The number of rotatable bonds is 7. The van der Waals surface area contributed by atoms with Crippen LogP contribution in [-0.4, -0.2) is 81.1 Å². The maximum atomic E-state index is 11.7. The summed E-state index contributed by atoms with van der Waals surface area (Å²) in [6.45, 7) is 8.26. The number of amides is 1. The number of ether oxygens (including phenoxy) is 2. The number of methoxy groups -OCH3 is 1. The van der Waals surface area contributed by atoms with E-state index in [0.717, 1.165) is 25.1 Å². The van der Waals surface area contributed by atoms with E-state index in [4.69, 9.17) is 15.2 Å². The fraction of sp³-hybridized carbons (Fsp3) is 0.688. The van der Waals surface area contributed by atoms with Crippen molar-refractivity contribution >= 4 is 18.3 Å². The zero-order valence-electron chi connectivity index (χ0n) is 14.9. The highest BCUT2D eigenvalue weighted by Crippen LogP contribution is 2.08. The van der Waals surface area contributed by atoms with E-state index < -0.39 is 0 Å². The molecule has 8 heteroatoms. The Bertz CT molecular complexity index is 468. The van der Waals surface area contributed by atoms with Gasteiger partial charge in [0.05, 0.1) is 12.9 Å². The Labute approximate surface area is 144 Å². The Morgan fingerprint density at radius 3 is 2.58 bits per heavy atom. The molecule has 1 rings (SSSR count). The average molecular weight is 339 g/mol. The number of carbonyl (C=O) groups excluding carboxylic acids is 1. The summed E-state index contributed by atoms with van der Waals surface area (Å²) in [7, 11) is 1.67. The number of aliphatic imine (C=N–C) groups is 2. The topological polar surface area (TPSA) is 92.8 Å². The van der Waals surface area contributed by atoms with Crippen LogP contribution < -0.4 is 5.73 Å². The van der Waals surface area contributed by atoms with Gasteiger partial charge in [0.25, 0.3) is 0 Å². The van der Waals surface area contributed by atoms with Crippen LogP contribution in [0.3, 0.4) is 0 Å². The first-order valence-electron chi connectivity index (χ1n) is 8.24. The minimum absolute atomic E-state index is 0.244. The number of nitrogens with two attached hydrogens (primary N) is 1. The van der Waals surface area contributed by atoms with Gasteiger partial charge in [-0.2, -0.15) is 0 Å². The average Bonchev–Trinajstić information content (AvgIpc) is 2.58. The van der Waals surface area contributed by atoms with Crippen molar-refractivity contribution in [2.24, 2.45) is 15.7 Å². The van der Waals surface area contributed by atoms with E-state index in [0.29, 0.717) is 38.7 Å². The molecule has 136 valence electrons. The van der Waals surface area contributed by atoms with Gasteiger partial charge in [0.1, 0.15) is 0 Å². The molecular weight excluding hydrogens is 310 g/mol. The summed E-state index contributed by atoms with van der Waals surface area (Å²) in [6.07, 6.45) is 3.87. The molecule has 0 radical (unpaired) electrons. The van der Waals surface area contributed by atoms with Gasteiger partial charge in [0.15, 0.2) is 5.84 Å². The normalized spacial score (nSPS) is 16.8. The Balaban J connectivity index is 2.58. The molecule has 1 fully saturated rings. The van der Waals surface area contributed by atoms with Crippen LogP contribution in [0.1, 0.15) is 20.3 Å². The van der Waals surface area contributed by atoms with Gasteiger partial charge in [0, 0.05) is 58.2 Å². The van der Waals surface area contributed by atoms with E-state index in [1.54, 1.807) is 12.0 Å². The molecule has 1 aliphatic heterocycles. The first kappa shape index (κ1) is 20.0. The number of nitrogens with zero attached hydrogens (tertiary/aromatic N) is 4. The van der Waals surface area contributed by atoms with Gasteiger partial charge in [-0.1, -0.05) is 0 Å². The molecule has 0 aromatic carbocycles. The lowest BCUT2D eigenvalue weighted by atomic mass is 10.2. The number of hydrogen-bond donors (Lipinski definition) is 1. The second-order valence-electron chi connectivity index (χ2n) is 5.36. The highest BCUT2D eigenvalue weighted by Gasteiger charge is 2.20. The van der Waals surface area contributed by atoms with Gasteiger partial charge in [-0.05, 0) is 20.3 Å². The number of amidine groups is 1. The molecule has 0 atom stereocenters. The van der Waals surface area contributed by atoms with E-state index >= 15 is 0 Å². The second kappa shape index (κ2) is 11.4. The summed E-state index contributed by atoms with van der Waals surface area (Å²) in [6, 6.07) is 0. The van der Waals surface area contributed by atoms with Crippen molar-refractivity contribution in [1.82, 2.24) is 9.80 Å². The van der Waals surface area contributed by atoms with Crippen LogP contribution >= 0.6 is 0 Å². The largest absolute Gasteiger partial charge is 0.450 e. The van der Waals surface area contributed by atoms with Crippen molar-refractivity contribution in [1.29, 1.82) is 0 Å². The Hall–Kier alpha value is -2.09. The van der Waals surface area contributed by atoms with Crippen molar-refractivity contribution in [2.45, 2.75) is 20.3 Å². The minimum atomic E-state index is -0.244. The molecule has 0 aromatic rings. The van der Waals surface area contributed by atoms with Gasteiger partial charge in [-0.25, -0.2) is 9.79 Å². The molecule has 0 bridgehead atoms. The van der Waals surface area contributed by atoms with Crippen LogP contribution in [0.15, 0.2) is 21.8 Å². The number of carbonyl (C=O) groups is 1. The smallest absolute Gasteiger partial charge is 0.409 e. The van der Waals surface area contributed by atoms with Crippen LogP contribution in [0.25, 0.3) is 0 Å². The molecule has 0 saturated carbocycles. The van der Waals surface area contributed by atoms with E-state index in [1.807, 2.05) is 20.0 Å².